The summed E-state index contributed by atoms with van der Waals surface area (Å²) in [7, 11) is 0. The number of hydrogen-bond acceptors (Lipinski definition) is 5. The van der Waals surface area contributed by atoms with E-state index in [0.717, 1.165) is 33.0 Å². The second-order valence-electron chi connectivity index (χ2n) is 6.20. The smallest absolute Gasteiger partial charge is 0.158 e. The average molecular weight is 361 g/mol. The average Bonchev–Trinajstić information content (AvgIpc) is 3.24. The zero-order valence-corrected chi connectivity index (χ0v) is 15.7. The second kappa shape index (κ2) is 6.72. The fourth-order valence-electron chi connectivity index (χ4n) is 3.10. The molecule has 0 aliphatic rings. The van der Waals surface area contributed by atoms with E-state index >= 15 is 0 Å². The Morgan fingerprint density at radius 2 is 1.96 bits per heavy atom. The Morgan fingerprint density at radius 1 is 1.15 bits per heavy atom. The van der Waals surface area contributed by atoms with Crippen LogP contribution in [0, 0.1) is 13.8 Å². The zero-order chi connectivity index (χ0) is 18.1. The lowest BCUT2D eigenvalue weighted by molar-refractivity contribution is 1.18. The molecule has 130 valence electrons. The third-order valence-corrected chi connectivity index (χ3v) is 5.45. The Balaban J connectivity index is 1.69. The van der Waals surface area contributed by atoms with Gasteiger partial charge in [-0.05, 0) is 38.0 Å². The molecule has 26 heavy (non-hydrogen) atoms. The van der Waals surface area contributed by atoms with Crippen LogP contribution in [0.15, 0.2) is 54.0 Å². The summed E-state index contributed by atoms with van der Waals surface area (Å²) in [4.78, 5) is 14.1. The van der Waals surface area contributed by atoms with Gasteiger partial charge in [-0.2, -0.15) is 5.10 Å². The Labute approximate surface area is 155 Å². The minimum absolute atomic E-state index is 0.721. The van der Waals surface area contributed by atoms with Crippen molar-refractivity contribution in [2.75, 3.05) is 5.43 Å². The summed E-state index contributed by atoms with van der Waals surface area (Å²) in [5.41, 5.74) is 8.66. The first kappa shape index (κ1) is 16.5. The molecule has 0 atom stereocenters. The lowest BCUT2D eigenvalue weighted by atomic mass is 10.1. The Morgan fingerprint density at radius 3 is 2.69 bits per heavy atom. The lowest BCUT2D eigenvalue weighted by Gasteiger charge is -2.04. The number of H-pyrrole nitrogens is 1. The molecule has 0 amide bonds. The van der Waals surface area contributed by atoms with Crippen molar-refractivity contribution in [3.05, 3.63) is 65.7 Å². The molecule has 0 unspecified atom stereocenters. The molecule has 6 heteroatoms. The van der Waals surface area contributed by atoms with Gasteiger partial charge >= 0.3 is 0 Å². The number of aryl methyl sites for hydroxylation is 2. The van der Waals surface area contributed by atoms with E-state index in [9.17, 15) is 0 Å². The maximum Gasteiger partial charge on any atom is 0.158 e. The van der Waals surface area contributed by atoms with E-state index in [1.165, 1.54) is 16.0 Å². The number of aromatic nitrogens is 3. The van der Waals surface area contributed by atoms with Crippen LogP contribution in [0.5, 0.6) is 0 Å². The van der Waals surface area contributed by atoms with E-state index in [-0.39, 0.29) is 0 Å². The van der Waals surface area contributed by atoms with Crippen LogP contribution in [0.25, 0.3) is 20.7 Å². The van der Waals surface area contributed by atoms with Gasteiger partial charge < -0.3 is 4.98 Å². The summed E-state index contributed by atoms with van der Waals surface area (Å²) >= 11 is 1.66. The van der Waals surface area contributed by atoms with Crippen LogP contribution in [0.4, 0.5) is 5.82 Å². The van der Waals surface area contributed by atoms with Crippen molar-refractivity contribution in [1.82, 2.24) is 15.0 Å². The van der Waals surface area contributed by atoms with Crippen LogP contribution in [-0.4, -0.2) is 20.7 Å². The third kappa shape index (κ3) is 2.99. The maximum absolute atomic E-state index is 4.55. The molecule has 0 radical (unpaired) electrons. The number of aromatic amines is 1. The van der Waals surface area contributed by atoms with Crippen LogP contribution in [0.2, 0.25) is 0 Å². The van der Waals surface area contributed by atoms with Crippen LogP contribution < -0.4 is 5.43 Å². The predicted octanol–water partition coefficient (Wildman–Crippen LogP) is 5.14. The highest BCUT2D eigenvalue weighted by molar-refractivity contribution is 7.21. The highest BCUT2D eigenvalue weighted by Crippen LogP contribution is 2.34. The van der Waals surface area contributed by atoms with Crippen molar-refractivity contribution in [2.24, 2.45) is 5.10 Å². The largest absolute Gasteiger partial charge is 0.364 e. The summed E-state index contributed by atoms with van der Waals surface area (Å²) in [6.45, 7) is 6.12. The highest BCUT2D eigenvalue weighted by Gasteiger charge is 2.11. The fourth-order valence-corrected chi connectivity index (χ4v) is 4.10. The van der Waals surface area contributed by atoms with E-state index in [0.29, 0.717) is 0 Å². The van der Waals surface area contributed by atoms with E-state index in [4.69, 9.17) is 0 Å². The van der Waals surface area contributed by atoms with Gasteiger partial charge in [0.25, 0.3) is 0 Å². The molecule has 0 fully saturated rings. The second-order valence-corrected chi connectivity index (χ2v) is 7.23. The van der Waals surface area contributed by atoms with Gasteiger partial charge in [0.05, 0.1) is 11.1 Å². The molecule has 0 spiro atoms. The molecule has 0 bridgehead atoms. The monoisotopic (exact) mass is 361 g/mol. The number of hydrogen-bond donors (Lipinski definition) is 2. The van der Waals surface area contributed by atoms with Gasteiger partial charge in [0.15, 0.2) is 5.82 Å². The zero-order valence-electron chi connectivity index (χ0n) is 14.9. The summed E-state index contributed by atoms with van der Waals surface area (Å²) < 4.78 is 0. The molecule has 5 nitrogen and oxygen atoms in total. The predicted molar refractivity (Wildman–Crippen MR) is 109 cm³/mol. The molecule has 4 rings (SSSR count). The molecule has 3 aromatic heterocycles. The number of fused-ring (bicyclic) bond motifs is 1. The van der Waals surface area contributed by atoms with Gasteiger partial charge in [0.2, 0.25) is 0 Å². The molecule has 0 saturated carbocycles. The minimum atomic E-state index is 0.721. The van der Waals surface area contributed by atoms with Crippen LogP contribution in [0.3, 0.4) is 0 Å². The minimum Gasteiger partial charge on any atom is -0.364 e. The first-order valence-corrected chi connectivity index (χ1v) is 9.20. The molecular weight excluding hydrogens is 342 g/mol. The number of rotatable bonds is 4. The molecule has 0 aliphatic heterocycles. The summed E-state index contributed by atoms with van der Waals surface area (Å²) in [6.07, 6.45) is 3.57. The Bertz CT molecular complexity index is 1070. The van der Waals surface area contributed by atoms with E-state index in [1.54, 1.807) is 17.7 Å². The van der Waals surface area contributed by atoms with Gasteiger partial charge in [-0.1, -0.05) is 30.3 Å². The SMILES string of the molecule is C/C(=N\Nc1ncnc2sc(-c3ccccc3)cc12)c1c(C)c[nH]c1C. The van der Waals surface area contributed by atoms with Crippen molar-refractivity contribution in [3.63, 3.8) is 0 Å². The normalized spacial score (nSPS) is 11.9. The van der Waals surface area contributed by atoms with Crippen molar-refractivity contribution in [1.29, 1.82) is 0 Å². The van der Waals surface area contributed by atoms with Crippen molar-refractivity contribution in [3.8, 4) is 10.4 Å². The summed E-state index contributed by atoms with van der Waals surface area (Å²) in [5, 5.41) is 5.53. The van der Waals surface area contributed by atoms with Gasteiger partial charge in [0.1, 0.15) is 11.2 Å². The summed E-state index contributed by atoms with van der Waals surface area (Å²) in [5.74, 6) is 0.721. The molecular formula is C20H19N5S. The highest BCUT2D eigenvalue weighted by atomic mass is 32.1. The van der Waals surface area contributed by atoms with Crippen molar-refractivity contribution >= 4 is 33.1 Å². The number of thiophene rings is 1. The Hall–Kier alpha value is -2.99. The number of anilines is 1. The number of benzene rings is 1. The molecule has 0 saturated heterocycles. The van der Waals surface area contributed by atoms with E-state index < -0.39 is 0 Å². The Kier molecular flexibility index (Phi) is 4.26. The summed E-state index contributed by atoms with van der Waals surface area (Å²) in [6, 6.07) is 12.4. The number of nitrogens with zero attached hydrogens (tertiary/aromatic N) is 3. The molecule has 3 heterocycles. The van der Waals surface area contributed by atoms with E-state index in [2.05, 4.69) is 57.5 Å². The van der Waals surface area contributed by atoms with Crippen LogP contribution in [0.1, 0.15) is 23.7 Å². The van der Waals surface area contributed by atoms with Gasteiger partial charge in [0, 0.05) is 22.3 Å². The van der Waals surface area contributed by atoms with Gasteiger partial charge in [-0.3, -0.25) is 5.43 Å². The standard InChI is InChI=1S/C20H19N5S/c1-12-10-21-13(2)18(12)14(3)24-25-19-16-9-17(15-7-5-4-6-8-15)26-20(16)23-11-22-19/h4-11,21H,1-3H3,(H,22,23,25)/b24-14+. The van der Waals surface area contributed by atoms with Gasteiger partial charge in [-0.25, -0.2) is 9.97 Å². The molecule has 1 aromatic carbocycles. The van der Waals surface area contributed by atoms with Gasteiger partial charge in [-0.15, -0.1) is 11.3 Å². The quantitative estimate of drug-likeness (QED) is 0.391. The maximum atomic E-state index is 4.55. The molecule has 2 N–H and O–H groups in total. The molecule has 0 aliphatic carbocycles. The lowest BCUT2D eigenvalue weighted by Crippen LogP contribution is -2.03. The first-order valence-electron chi connectivity index (χ1n) is 8.38. The number of nitrogens with one attached hydrogen (secondary N) is 2. The topological polar surface area (TPSA) is 66.0 Å². The number of hydrazone groups is 1. The fraction of sp³-hybridized carbons (Fsp3) is 0.150. The molecule has 4 aromatic rings. The van der Waals surface area contributed by atoms with E-state index in [1.807, 2.05) is 31.3 Å². The first-order chi connectivity index (χ1) is 12.6. The van der Waals surface area contributed by atoms with Crippen LogP contribution >= 0.6 is 11.3 Å². The van der Waals surface area contributed by atoms with Crippen molar-refractivity contribution < 1.29 is 0 Å². The van der Waals surface area contributed by atoms with Crippen LogP contribution in [-0.2, 0) is 0 Å². The van der Waals surface area contributed by atoms with Crippen molar-refractivity contribution in [2.45, 2.75) is 20.8 Å². The third-order valence-electron chi connectivity index (χ3n) is 4.35.